The molecule has 1 aliphatic heterocycles. The second kappa shape index (κ2) is 8.29. The van der Waals surface area contributed by atoms with Crippen LogP contribution in [0.5, 0.6) is 5.75 Å². The fourth-order valence-electron chi connectivity index (χ4n) is 2.77. The molecule has 6 heteroatoms. The lowest BCUT2D eigenvalue weighted by molar-refractivity contribution is -0.134. The SMILES string of the molecule is O=C(COc1ccccc1)N1CCC(CNc2ncccn2)CC1. The molecule has 0 aliphatic carbocycles. The van der Waals surface area contributed by atoms with Gasteiger partial charge in [0.2, 0.25) is 5.95 Å². The van der Waals surface area contributed by atoms with Crippen molar-refractivity contribution in [1.29, 1.82) is 0 Å². The monoisotopic (exact) mass is 326 g/mol. The van der Waals surface area contributed by atoms with Crippen molar-refractivity contribution in [2.45, 2.75) is 12.8 Å². The number of para-hydroxylation sites is 1. The van der Waals surface area contributed by atoms with Crippen LogP contribution in [0, 0.1) is 5.92 Å². The molecular weight excluding hydrogens is 304 g/mol. The van der Waals surface area contributed by atoms with E-state index in [0.29, 0.717) is 11.9 Å². The highest BCUT2D eigenvalue weighted by molar-refractivity contribution is 5.77. The van der Waals surface area contributed by atoms with Gasteiger partial charge >= 0.3 is 0 Å². The molecule has 0 unspecified atom stereocenters. The number of hydrogen-bond donors (Lipinski definition) is 1. The Bertz CT molecular complexity index is 628. The van der Waals surface area contributed by atoms with Crippen LogP contribution in [0.3, 0.4) is 0 Å². The van der Waals surface area contributed by atoms with Crippen LogP contribution < -0.4 is 10.1 Å². The van der Waals surface area contributed by atoms with Crippen LogP contribution in [-0.2, 0) is 4.79 Å². The van der Waals surface area contributed by atoms with Gasteiger partial charge in [-0.05, 0) is 37.0 Å². The summed E-state index contributed by atoms with van der Waals surface area (Å²) in [4.78, 5) is 22.4. The van der Waals surface area contributed by atoms with Crippen molar-refractivity contribution in [3.63, 3.8) is 0 Å². The highest BCUT2D eigenvalue weighted by Crippen LogP contribution is 2.18. The summed E-state index contributed by atoms with van der Waals surface area (Å²) in [6.07, 6.45) is 5.42. The molecule has 2 heterocycles. The molecule has 0 spiro atoms. The van der Waals surface area contributed by atoms with Crippen LogP contribution in [0.2, 0.25) is 0 Å². The van der Waals surface area contributed by atoms with Gasteiger partial charge in [0.05, 0.1) is 0 Å². The standard InChI is InChI=1S/C18H22N4O2/c23-17(14-24-16-5-2-1-3-6-16)22-11-7-15(8-12-22)13-21-18-19-9-4-10-20-18/h1-6,9-10,15H,7-8,11-14H2,(H,19,20,21). The first-order valence-electron chi connectivity index (χ1n) is 8.28. The Balaban J connectivity index is 1.37. The summed E-state index contributed by atoms with van der Waals surface area (Å²) >= 11 is 0. The van der Waals surface area contributed by atoms with Gasteiger partial charge in [0.1, 0.15) is 5.75 Å². The maximum atomic E-state index is 12.2. The van der Waals surface area contributed by atoms with Crippen LogP contribution in [0.25, 0.3) is 0 Å². The van der Waals surface area contributed by atoms with E-state index < -0.39 is 0 Å². The van der Waals surface area contributed by atoms with E-state index in [0.717, 1.165) is 38.2 Å². The molecule has 1 saturated heterocycles. The van der Waals surface area contributed by atoms with Gasteiger partial charge in [-0.3, -0.25) is 4.79 Å². The fourth-order valence-corrected chi connectivity index (χ4v) is 2.77. The lowest BCUT2D eigenvalue weighted by Gasteiger charge is -2.32. The van der Waals surface area contributed by atoms with E-state index in [4.69, 9.17) is 4.74 Å². The number of nitrogens with zero attached hydrogens (tertiary/aromatic N) is 3. The third kappa shape index (κ3) is 4.68. The van der Waals surface area contributed by atoms with Gasteiger partial charge in [-0.15, -0.1) is 0 Å². The van der Waals surface area contributed by atoms with E-state index in [1.807, 2.05) is 35.2 Å². The van der Waals surface area contributed by atoms with Crippen molar-refractivity contribution in [2.75, 3.05) is 31.6 Å². The third-order valence-electron chi connectivity index (χ3n) is 4.19. The Morgan fingerprint density at radius 2 is 1.83 bits per heavy atom. The highest BCUT2D eigenvalue weighted by atomic mass is 16.5. The summed E-state index contributed by atoms with van der Waals surface area (Å²) in [7, 11) is 0. The third-order valence-corrected chi connectivity index (χ3v) is 4.19. The molecule has 0 bridgehead atoms. The van der Waals surface area contributed by atoms with Crippen molar-refractivity contribution >= 4 is 11.9 Å². The van der Waals surface area contributed by atoms with Crippen molar-refractivity contribution in [3.05, 3.63) is 48.8 Å². The Morgan fingerprint density at radius 1 is 1.12 bits per heavy atom. The average Bonchev–Trinajstić information content (AvgIpc) is 2.66. The number of amides is 1. The Kier molecular flexibility index (Phi) is 5.61. The van der Waals surface area contributed by atoms with E-state index in [9.17, 15) is 4.79 Å². The lowest BCUT2D eigenvalue weighted by Crippen LogP contribution is -2.42. The number of hydrogen-bond acceptors (Lipinski definition) is 5. The van der Waals surface area contributed by atoms with Crippen LogP contribution in [0.15, 0.2) is 48.8 Å². The molecule has 1 aromatic heterocycles. The normalized spacial score (nSPS) is 15.1. The number of likely N-dealkylation sites (tertiary alicyclic amines) is 1. The summed E-state index contributed by atoms with van der Waals surface area (Å²) in [6.45, 7) is 2.50. The topological polar surface area (TPSA) is 67.3 Å². The van der Waals surface area contributed by atoms with Gasteiger partial charge in [0.25, 0.3) is 5.91 Å². The van der Waals surface area contributed by atoms with Gasteiger partial charge < -0.3 is 15.0 Å². The van der Waals surface area contributed by atoms with Gasteiger partial charge in [0, 0.05) is 32.0 Å². The number of piperidine rings is 1. The zero-order valence-corrected chi connectivity index (χ0v) is 13.6. The largest absolute Gasteiger partial charge is 0.484 e. The molecule has 126 valence electrons. The zero-order valence-electron chi connectivity index (χ0n) is 13.6. The number of anilines is 1. The molecule has 1 amide bonds. The maximum absolute atomic E-state index is 12.2. The van der Waals surface area contributed by atoms with Gasteiger partial charge in [-0.25, -0.2) is 9.97 Å². The van der Waals surface area contributed by atoms with Crippen molar-refractivity contribution in [2.24, 2.45) is 5.92 Å². The van der Waals surface area contributed by atoms with E-state index >= 15 is 0 Å². The number of aromatic nitrogens is 2. The quantitative estimate of drug-likeness (QED) is 0.881. The molecule has 1 aliphatic rings. The Labute approximate surface area is 141 Å². The van der Waals surface area contributed by atoms with Crippen LogP contribution in [0.4, 0.5) is 5.95 Å². The lowest BCUT2D eigenvalue weighted by atomic mass is 9.97. The first kappa shape index (κ1) is 16.2. The summed E-state index contributed by atoms with van der Waals surface area (Å²) in [5, 5.41) is 3.25. The van der Waals surface area contributed by atoms with E-state index in [2.05, 4.69) is 15.3 Å². The molecule has 6 nitrogen and oxygen atoms in total. The van der Waals surface area contributed by atoms with Crippen molar-refractivity contribution in [3.8, 4) is 5.75 Å². The van der Waals surface area contributed by atoms with E-state index in [1.54, 1.807) is 18.5 Å². The smallest absolute Gasteiger partial charge is 0.260 e. The number of carbonyl (C=O) groups is 1. The summed E-state index contributed by atoms with van der Waals surface area (Å²) in [5.74, 6) is 1.98. The molecule has 1 N–H and O–H groups in total. The molecule has 2 aromatic rings. The maximum Gasteiger partial charge on any atom is 0.260 e. The average molecular weight is 326 g/mol. The number of rotatable bonds is 6. The van der Waals surface area contributed by atoms with Crippen molar-refractivity contribution in [1.82, 2.24) is 14.9 Å². The minimum Gasteiger partial charge on any atom is -0.484 e. The van der Waals surface area contributed by atoms with Gasteiger partial charge in [-0.1, -0.05) is 18.2 Å². The molecule has 24 heavy (non-hydrogen) atoms. The molecule has 0 atom stereocenters. The second-order valence-corrected chi connectivity index (χ2v) is 5.88. The highest BCUT2D eigenvalue weighted by Gasteiger charge is 2.23. The molecule has 1 aromatic carbocycles. The summed E-state index contributed by atoms with van der Waals surface area (Å²) in [5.41, 5.74) is 0. The molecule has 3 rings (SSSR count). The van der Waals surface area contributed by atoms with Gasteiger partial charge in [-0.2, -0.15) is 0 Å². The number of ether oxygens (including phenoxy) is 1. The number of benzene rings is 1. The summed E-state index contributed by atoms with van der Waals surface area (Å²) < 4.78 is 5.53. The first-order chi connectivity index (χ1) is 11.8. The minimum absolute atomic E-state index is 0.0525. The Hall–Kier alpha value is -2.63. The minimum atomic E-state index is 0.0525. The number of carbonyl (C=O) groups excluding carboxylic acids is 1. The van der Waals surface area contributed by atoms with Crippen molar-refractivity contribution < 1.29 is 9.53 Å². The first-order valence-corrected chi connectivity index (χ1v) is 8.28. The van der Waals surface area contributed by atoms with Crippen LogP contribution in [0.1, 0.15) is 12.8 Å². The fraction of sp³-hybridized carbons (Fsp3) is 0.389. The van der Waals surface area contributed by atoms with Gasteiger partial charge in [0.15, 0.2) is 6.61 Å². The molecule has 0 saturated carbocycles. The second-order valence-electron chi connectivity index (χ2n) is 5.88. The summed E-state index contributed by atoms with van der Waals surface area (Å²) in [6, 6.07) is 11.2. The molecular formula is C18H22N4O2. The molecule has 1 fully saturated rings. The predicted octanol–water partition coefficient (Wildman–Crippen LogP) is 2.21. The van der Waals surface area contributed by atoms with Crippen LogP contribution >= 0.6 is 0 Å². The Morgan fingerprint density at radius 3 is 2.54 bits per heavy atom. The predicted molar refractivity (Wildman–Crippen MR) is 91.8 cm³/mol. The van der Waals surface area contributed by atoms with E-state index in [1.165, 1.54) is 0 Å². The van der Waals surface area contributed by atoms with E-state index in [-0.39, 0.29) is 12.5 Å². The number of nitrogens with one attached hydrogen (secondary N) is 1. The van der Waals surface area contributed by atoms with Crippen LogP contribution in [-0.4, -0.2) is 47.0 Å². The zero-order chi connectivity index (χ0) is 16.6. The molecule has 0 radical (unpaired) electrons.